The molecule has 0 N–H and O–H groups in total. The maximum Gasteiger partial charge on any atom is 0.231 e. The zero-order chi connectivity index (χ0) is 19.7. The topological polar surface area (TPSA) is 53.7 Å². The van der Waals surface area contributed by atoms with Crippen LogP contribution in [0.25, 0.3) is 0 Å². The van der Waals surface area contributed by atoms with Crippen LogP contribution in [0.1, 0.15) is 22.4 Å². The number of pyridine rings is 1. The Morgan fingerprint density at radius 1 is 1.04 bits per heavy atom. The molecule has 28 heavy (non-hydrogen) atoms. The lowest BCUT2D eigenvalue weighted by Gasteiger charge is -2.35. The summed E-state index contributed by atoms with van der Waals surface area (Å²) in [6.45, 7) is 9.90. The Morgan fingerprint density at radius 3 is 2.50 bits per heavy atom. The third kappa shape index (κ3) is 3.76. The normalized spacial score (nSPS) is 16.9. The van der Waals surface area contributed by atoms with Crippen LogP contribution in [0.2, 0.25) is 0 Å². The molecule has 0 unspecified atom stereocenters. The fraction of sp³-hybridized carbons (Fsp3) is 0.429. The molecule has 0 radical (unpaired) electrons. The van der Waals surface area contributed by atoms with Crippen molar-refractivity contribution in [3.8, 4) is 17.6 Å². The van der Waals surface area contributed by atoms with Gasteiger partial charge in [0.25, 0.3) is 0 Å². The summed E-state index contributed by atoms with van der Waals surface area (Å²) in [6.07, 6.45) is 0. The number of hydrogen-bond acceptors (Lipinski definition) is 6. The molecule has 0 aliphatic carbocycles. The second-order valence-corrected chi connectivity index (χ2v) is 7.80. The highest BCUT2D eigenvalue weighted by atomic mass is 32.1. The third-order valence-electron chi connectivity index (χ3n) is 5.47. The Kier molecular flexibility index (Phi) is 5.36. The summed E-state index contributed by atoms with van der Waals surface area (Å²) in [5.74, 6) is 1.67. The zero-order valence-electron chi connectivity index (χ0n) is 16.3. The molecular weight excluding hydrogens is 372 g/mol. The monoisotopic (exact) mass is 396 g/mol. The van der Waals surface area contributed by atoms with Crippen molar-refractivity contribution < 1.29 is 9.47 Å². The molecule has 0 spiro atoms. The standard InChI is InChI=1S/C21H24N4O2S/c1-15-9-16(2)25(21(28)18(15)11-22)13-24-7-5-23(6-8-24)12-17-3-4-19-20(10-17)27-14-26-19/h3-4,9-10H,5-8,12-14H2,1-2H3. The SMILES string of the molecule is Cc1cc(C)n(CN2CCN(Cc3ccc4c(c3)OCO4)CC2)c(=S)c1C#N. The second kappa shape index (κ2) is 7.92. The van der Waals surface area contributed by atoms with Crippen molar-refractivity contribution in [3.05, 3.63) is 51.3 Å². The molecule has 0 amide bonds. The van der Waals surface area contributed by atoms with Crippen LogP contribution in [0, 0.1) is 29.8 Å². The molecule has 0 saturated carbocycles. The third-order valence-corrected chi connectivity index (χ3v) is 5.89. The Balaban J connectivity index is 1.37. The minimum atomic E-state index is 0.311. The number of hydrogen-bond donors (Lipinski definition) is 0. The lowest BCUT2D eigenvalue weighted by Crippen LogP contribution is -2.46. The molecule has 1 aromatic carbocycles. The average Bonchev–Trinajstić information content (AvgIpc) is 3.14. The first-order valence-corrected chi connectivity index (χ1v) is 9.90. The van der Waals surface area contributed by atoms with E-state index in [1.165, 1.54) is 5.56 Å². The summed E-state index contributed by atoms with van der Waals surface area (Å²) >= 11 is 5.57. The van der Waals surface area contributed by atoms with Crippen LogP contribution in [-0.4, -0.2) is 47.3 Å². The van der Waals surface area contributed by atoms with E-state index in [2.05, 4.69) is 39.5 Å². The maximum atomic E-state index is 9.39. The molecule has 2 aromatic rings. The van der Waals surface area contributed by atoms with Gasteiger partial charge in [-0.15, -0.1) is 0 Å². The van der Waals surface area contributed by atoms with E-state index < -0.39 is 0 Å². The molecule has 4 rings (SSSR count). The molecule has 1 fully saturated rings. The summed E-state index contributed by atoms with van der Waals surface area (Å²) in [5.41, 5.74) is 3.91. The van der Waals surface area contributed by atoms with Crippen molar-refractivity contribution in [1.82, 2.24) is 14.4 Å². The summed E-state index contributed by atoms with van der Waals surface area (Å²) in [5, 5.41) is 9.39. The highest BCUT2D eigenvalue weighted by molar-refractivity contribution is 7.71. The lowest BCUT2D eigenvalue weighted by molar-refractivity contribution is 0.102. The van der Waals surface area contributed by atoms with Gasteiger partial charge >= 0.3 is 0 Å². The number of aromatic nitrogens is 1. The van der Waals surface area contributed by atoms with Crippen LogP contribution in [-0.2, 0) is 13.2 Å². The van der Waals surface area contributed by atoms with Gasteiger partial charge < -0.3 is 14.0 Å². The van der Waals surface area contributed by atoms with Crippen LogP contribution >= 0.6 is 12.2 Å². The number of ether oxygens (including phenoxy) is 2. The van der Waals surface area contributed by atoms with Gasteiger partial charge in [0.1, 0.15) is 10.7 Å². The molecule has 2 aliphatic heterocycles. The maximum absolute atomic E-state index is 9.39. The summed E-state index contributed by atoms with van der Waals surface area (Å²) < 4.78 is 13.6. The summed E-state index contributed by atoms with van der Waals surface area (Å²) in [6, 6.07) is 10.5. The number of piperazine rings is 1. The lowest BCUT2D eigenvalue weighted by atomic mass is 10.1. The summed E-state index contributed by atoms with van der Waals surface area (Å²) in [7, 11) is 0. The molecule has 146 valence electrons. The second-order valence-electron chi connectivity index (χ2n) is 7.41. The van der Waals surface area contributed by atoms with Crippen LogP contribution in [0.3, 0.4) is 0 Å². The van der Waals surface area contributed by atoms with Crippen molar-refractivity contribution in [2.45, 2.75) is 27.1 Å². The first-order valence-electron chi connectivity index (χ1n) is 9.49. The first-order chi connectivity index (χ1) is 13.5. The minimum absolute atomic E-state index is 0.311. The largest absolute Gasteiger partial charge is 0.454 e. The predicted molar refractivity (Wildman–Crippen MR) is 109 cm³/mol. The van der Waals surface area contributed by atoms with Gasteiger partial charge in [-0.2, -0.15) is 5.26 Å². The van der Waals surface area contributed by atoms with E-state index in [1.807, 2.05) is 19.1 Å². The Labute approximate surface area is 170 Å². The number of benzene rings is 1. The van der Waals surface area contributed by atoms with Crippen LogP contribution in [0.4, 0.5) is 0 Å². The average molecular weight is 397 g/mol. The molecule has 1 aromatic heterocycles. The van der Waals surface area contributed by atoms with Crippen LogP contribution in [0.5, 0.6) is 11.5 Å². The van der Waals surface area contributed by atoms with Crippen molar-refractivity contribution in [1.29, 1.82) is 5.26 Å². The predicted octanol–water partition coefficient (Wildman–Crippen LogP) is 3.21. The van der Waals surface area contributed by atoms with Gasteiger partial charge in [-0.1, -0.05) is 18.3 Å². The van der Waals surface area contributed by atoms with Crippen molar-refractivity contribution in [2.24, 2.45) is 0 Å². The summed E-state index contributed by atoms with van der Waals surface area (Å²) in [4.78, 5) is 4.85. The molecule has 3 heterocycles. The number of rotatable bonds is 4. The number of nitriles is 1. The van der Waals surface area contributed by atoms with E-state index in [1.54, 1.807) is 0 Å². The molecule has 1 saturated heterocycles. The van der Waals surface area contributed by atoms with Crippen LogP contribution < -0.4 is 9.47 Å². The molecule has 2 aliphatic rings. The van der Waals surface area contributed by atoms with Crippen LogP contribution in [0.15, 0.2) is 24.3 Å². The molecule has 6 nitrogen and oxygen atoms in total. The highest BCUT2D eigenvalue weighted by Gasteiger charge is 2.20. The number of aryl methyl sites for hydroxylation is 2. The molecular formula is C21H24N4O2S. The number of fused-ring (bicyclic) bond motifs is 1. The molecule has 0 atom stereocenters. The number of nitrogens with zero attached hydrogens (tertiary/aromatic N) is 4. The molecule has 7 heteroatoms. The van der Waals surface area contributed by atoms with Crippen molar-refractivity contribution in [2.75, 3.05) is 33.0 Å². The Bertz CT molecular complexity index is 987. The van der Waals surface area contributed by atoms with E-state index >= 15 is 0 Å². The van der Waals surface area contributed by atoms with E-state index in [-0.39, 0.29) is 0 Å². The van der Waals surface area contributed by atoms with Gasteiger partial charge in [0.15, 0.2) is 11.5 Å². The van der Waals surface area contributed by atoms with Gasteiger partial charge in [-0.25, -0.2) is 0 Å². The van der Waals surface area contributed by atoms with Gasteiger partial charge in [-0.3, -0.25) is 9.80 Å². The fourth-order valence-electron chi connectivity index (χ4n) is 3.83. The zero-order valence-corrected chi connectivity index (χ0v) is 17.1. The van der Waals surface area contributed by atoms with E-state index in [4.69, 9.17) is 21.7 Å². The highest BCUT2D eigenvalue weighted by Crippen LogP contribution is 2.32. The van der Waals surface area contributed by atoms with Crippen molar-refractivity contribution >= 4 is 12.2 Å². The first kappa shape index (κ1) is 18.9. The molecule has 0 bridgehead atoms. The fourth-order valence-corrected chi connectivity index (χ4v) is 4.23. The minimum Gasteiger partial charge on any atom is -0.454 e. The Morgan fingerprint density at radius 2 is 1.75 bits per heavy atom. The van der Waals surface area contributed by atoms with Crippen molar-refractivity contribution in [3.63, 3.8) is 0 Å². The quantitative estimate of drug-likeness (QED) is 0.740. The van der Waals surface area contributed by atoms with E-state index in [0.717, 1.165) is 62.1 Å². The smallest absolute Gasteiger partial charge is 0.231 e. The van der Waals surface area contributed by atoms with E-state index in [9.17, 15) is 5.26 Å². The van der Waals surface area contributed by atoms with E-state index in [0.29, 0.717) is 17.0 Å². The van der Waals surface area contributed by atoms with Gasteiger partial charge in [-0.05, 0) is 43.2 Å². The van der Waals surface area contributed by atoms with Gasteiger partial charge in [0.05, 0.1) is 12.2 Å². The van der Waals surface area contributed by atoms with Gasteiger partial charge in [0, 0.05) is 38.4 Å². The Hall–Kier alpha value is -2.40. The van der Waals surface area contributed by atoms with Gasteiger partial charge in [0.2, 0.25) is 6.79 Å².